The Morgan fingerprint density at radius 1 is 1.03 bits per heavy atom. The zero-order chi connectivity index (χ0) is 21.2. The fourth-order valence-electron chi connectivity index (χ4n) is 4.93. The smallest absolute Gasteiger partial charge is 0.179 e. The lowest BCUT2D eigenvalue weighted by Gasteiger charge is -2.19. The molecular formula is C25H26FN3O2. The Kier molecular flexibility index (Phi) is 5.55. The number of likely N-dealkylation sites (tertiary alicyclic amines) is 1. The van der Waals surface area contributed by atoms with E-state index >= 15 is 0 Å². The van der Waals surface area contributed by atoms with Crippen LogP contribution in [0.1, 0.15) is 28.8 Å². The van der Waals surface area contributed by atoms with Crippen LogP contribution in [-0.2, 0) is 6.54 Å². The third kappa shape index (κ3) is 4.69. The zero-order valence-electron chi connectivity index (χ0n) is 17.4. The second-order valence-electron chi connectivity index (χ2n) is 8.71. The Bertz CT molecular complexity index is 1020. The van der Waals surface area contributed by atoms with Gasteiger partial charge in [-0.1, -0.05) is 30.3 Å². The molecule has 160 valence electrons. The van der Waals surface area contributed by atoms with E-state index in [9.17, 15) is 9.18 Å². The van der Waals surface area contributed by atoms with Crippen molar-refractivity contribution >= 4 is 5.78 Å². The topological polar surface area (TPSA) is 47.4 Å². The van der Waals surface area contributed by atoms with Crippen LogP contribution in [0.5, 0.6) is 5.75 Å². The molecule has 0 amide bonds. The number of benzene rings is 2. The summed E-state index contributed by atoms with van der Waals surface area (Å²) >= 11 is 0. The number of hydrogen-bond acceptors (Lipinski definition) is 4. The first-order chi connectivity index (χ1) is 15.1. The molecule has 1 aromatic heterocycles. The Morgan fingerprint density at radius 2 is 1.74 bits per heavy atom. The van der Waals surface area contributed by atoms with Crippen LogP contribution in [-0.4, -0.2) is 46.2 Å². The fourth-order valence-corrected chi connectivity index (χ4v) is 4.93. The molecular weight excluding hydrogens is 393 g/mol. The van der Waals surface area contributed by atoms with Crippen molar-refractivity contribution in [2.24, 2.45) is 11.8 Å². The van der Waals surface area contributed by atoms with Crippen LogP contribution in [0.4, 0.5) is 4.39 Å². The van der Waals surface area contributed by atoms with Crippen LogP contribution >= 0.6 is 0 Å². The molecule has 5 nitrogen and oxygen atoms in total. The summed E-state index contributed by atoms with van der Waals surface area (Å²) in [7, 11) is 0. The lowest BCUT2D eigenvalue weighted by atomic mass is 10.0. The normalized spacial score (nSPS) is 23.1. The number of Topliss-reactive ketones (excluding diaryl/α,β-unsaturated/α-hetero) is 1. The third-order valence-electron chi connectivity index (χ3n) is 6.41. The minimum absolute atomic E-state index is 0.124. The lowest BCUT2D eigenvalue weighted by molar-refractivity contribution is 0.0936. The van der Waals surface area contributed by atoms with E-state index in [0.717, 1.165) is 37.2 Å². The van der Waals surface area contributed by atoms with Gasteiger partial charge in [-0.3, -0.25) is 14.4 Å². The van der Waals surface area contributed by atoms with Crippen LogP contribution in [0.15, 0.2) is 67.0 Å². The Morgan fingerprint density at radius 3 is 2.45 bits per heavy atom. The largest absolute Gasteiger partial charge is 0.490 e. The first-order valence-electron chi connectivity index (χ1n) is 10.9. The zero-order valence-corrected chi connectivity index (χ0v) is 17.4. The summed E-state index contributed by atoms with van der Waals surface area (Å²) in [5.74, 6) is 1.71. The van der Waals surface area contributed by atoms with Gasteiger partial charge in [0, 0.05) is 19.3 Å². The molecule has 1 aliphatic carbocycles. The molecule has 1 saturated heterocycles. The molecule has 2 aromatic carbocycles. The second kappa shape index (κ2) is 8.63. The van der Waals surface area contributed by atoms with E-state index in [0.29, 0.717) is 30.5 Å². The molecule has 2 heterocycles. The molecule has 2 fully saturated rings. The number of fused-ring (bicyclic) bond motifs is 1. The van der Waals surface area contributed by atoms with Crippen LogP contribution in [0.25, 0.3) is 0 Å². The molecule has 5 rings (SSSR count). The number of rotatable bonds is 7. The van der Waals surface area contributed by atoms with E-state index in [4.69, 9.17) is 4.74 Å². The van der Waals surface area contributed by atoms with Crippen molar-refractivity contribution in [3.63, 3.8) is 0 Å². The highest BCUT2D eigenvalue weighted by Gasteiger charge is 2.42. The van der Waals surface area contributed by atoms with Gasteiger partial charge in [0.2, 0.25) is 0 Å². The molecule has 1 aliphatic heterocycles. The van der Waals surface area contributed by atoms with Crippen molar-refractivity contribution in [3.8, 4) is 5.75 Å². The van der Waals surface area contributed by atoms with Crippen molar-refractivity contribution in [1.82, 2.24) is 14.7 Å². The van der Waals surface area contributed by atoms with E-state index in [1.165, 1.54) is 12.1 Å². The van der Waals surface area contributed by atoms with Gasteiger partial charge in [-0.15, -0.1) is 0 Å². The van der Waals surface area contributed by atoms with E-state index in [1.807, 2.05) is 29.1 Å². The SMILES string of the molecule is O=C(CN1C[C@H]2C[C@H](Oc3ccc(F)cc3)C[C@H]2C1)c1cnn(Cc2ccccc2)c1. The van der Waals surface area contributed by atoms with Gasteiger partial charge in [-0.25, -0.2) is 4.39 Å². The lowest BCUT2D eigenvalue weighted by Crippen LogP contribution is -2.29. The highest BCUT2D eigenvalue weighted by atomic mass is 19.1. The Labute approximate surface area is 181 Å². The second-order valence-corrected chi connectivity index (χ2v) is 8.71. The summed E-state index contributed by atoms with van der Waals surface area (Å²) in [4.78, 5) is 15.0. The van der Waals surface area contributed by atoms with E-state index < -0.39 is 0 Å². The molecule has 1 saturated carbocycles. The van der Waals surface area contributed by atoms with Gasteiger partial charge >= 0.3 is 0 Å². The molecule has 31 heavy (non-hydrogen) atoms. The van der Waals surface area contributed by atoms with Crippen molar-refractivity contribution in [2.45, 2.75) is 25.5 Å². The monoisotopic (exact) mass is 419 g/mol. The van der Waals surface area contributed by atoms with Gasteiger partial charge in [0.1, 0.15) is 11.6 Å². The van der Waals surface area contributed by atoms with Crippen molar-refractivity contribution in [1.29, 1.82) is 0 Å². The van der Waals surface area contributed by atoms with Gasteiger partial charge < -0.3 is 4.74 Å². The first-order valence-corrected chi connectivity index (χ1v) is 10.9. The van der Waals surface area contributed by atoms with Crippen LogP contribution in [0.2, 0.25) is 0 Å². The Hall–Kier alpha value is -2.99. The van der Waals surface area contributed by atoms with Crippen LogP contribution in [0.3, 0.4) is 0 Å². The van der Waals surface area contributed by atoms with Crippen LogP contribution < -0.4 is 4.74 Å². The van der Waals surface area contributed by atoms with E-state index in [2.05, 4.69) is 22.1 Å². The molecule has 3 atom stereocenters. The molecule has 2 aliphatic rings. The van der Waals surface area contributed by atoms with Crippen molar-refractivity contribution in [2.75, 3.05) is 19.6 Å². The highest BCUT2D eigenvalue weighted by molar-refractivity contribution is 5.97. The van der Waals surface area contributed by atoms with Crippen molar-refractivity contribution < 1.29 is 13.9 Å². The standard InChI is InChI=1S/C25H26FN3O2/c26-22-6-8-23(9-7-22)31-24-10-19-14-28(15-20(19)11-24)17-25(30)21-12-27-29(16-21)13-18-4-2-1-3-5-18/h1-9,12,16,19-20,24H,10-11,13-15,17H2/t19-,20+,24+. The average molecular weight is 420 g/mol. The maximum atomic E-state index is 13.1. The number of carbonyl (C=O) groups excluding carboxylic acids is 1. The van der Waals surface area contributed by atoms with Crippen molar-refractivity contribution in [3.05, 3.63) is 83.9 Å². The third-order valence-corrected chi connectivity index (χ3v) is 6.41. The molecule has 3 aromatic rings. The van der Waals surface area contributed by atoms with Crippen LogP contribution in [0, 0.1) is 17.7 Å². The van der Waals surface area contributed by atoms with E-state index in [1.54, 1.807) is 18.3 Å². The number of carbonyl (C=O) groups is 1. The number of ether oxygens (including phenoxy) is 1. The van der Waals surface area contributed by atoms with E-state index in [-0.39, 0.29) is 17.7 Å². The molecule has 6 heteroatoms. The first kappa shape index (κ1) is 19.9. The predicted octanol–water partition coefficient (Wildman–Crippen LogP) is 4.04. The van der Waals surface area contributed by atoms with Gasteiger partial charge in [0.25, 0.3) is 0 Å². The predicted molar refractivity (Wildman–Crippen MR) is 116 cm³/mol. The summed E-state index contributed by atoms with van der Waals surface area (Å²) in [6.07, 6.45) is 5.67. The summed E-state index contributed by atoms with van der Waals surface area (Å²) in [6, 6.07) is 16.3. The maximum absolute atomic E-state index is 13.1. The maximum Gasteiger partial charge on any atom is 0.179 e. The minimum atomic E-state index is -0.249. The van der Waals surface area contributed by atoms with Gasteiger partial charge in [0.15, 0.2) is 5.78 Å². The van der Waals surface area contributed by atoms with Gasteiger partial charge in [-0.2, -0.15) is 5.10 Å². The number of nitrogens with zero attached hydrogens (tertiary/aromatic N) is 3. The molecule has 0 unspecified atom stereocenters. The minimum Gasteiger partial charge on any atom is -0.490 e. The molecule has 0 spiro atoms. The number of hydrogen-bond donors (Lipinski definition) is 0. The number of halogens is 1. The Balaban J connectivity index is 1.11. The molecule has 0 bridgehead atoms. The van der Waals surface area contributed by atoms with Gasteiger partial charge in [-0.05, 0) is 54.5 Å². The molecule has 0 radical (unpaired) electrons. The molecule has 0 N–H and O–H groups in total. The number of ketones is 1. The highest BCUT2D eigenvalue weighted by Crippen LogP contribution is 2.39. The quantitative estimate of drug-likeness (QED) is 0.542. The summed E-state index contributed by atoms with van der Waals surface area (Å²) in [5.41, 5.74) is 1.83. The average Bonchev–Trinajstić information content (AvgIpc) is 3.46. The summed E-state index contributed by atoms with van der Waals surface area (Å²) < 4.78 is 20.9. The fraction of sp³-hybridized carbons (Fsp3) is 0.360. The number of aromatic nitrogens is 2. The summed E-state index contributed by atoms with van der Waals surface area (Å²) in [5, 5.41) is 4.36. The van der Waals surface area contributed by atoms with Gasteiger partial charge in [0.05, 0.1) is 31.0 Å². The summed E-state index contributed by atoms with van der Waals surface area (Å²) in [6.45, 7) is 2.96.